The van der Waals surface area contributed by atoms with Crippen LogP contribution in [0.2, 0.25) is 0 Å². The Morgan fingerprint density at radius 2 is 1.88 bits per heavy atom. The molecule has 0 unspecified atom stereocenters. The van der Waals surface area contributed by atoms with Crippen molar-refractivity contribution in [3.8, 4) is 5.75 Å². The fourth-order valence-corrected chi connectivity index (χ4v) is 4.17. The van der Waals surface area contributed by atoms with Crippen molar-refractivity contribution in [2.24, 2.45) is 0 Å². The van der Waals surface area contributed by atoms with Gasteiger partial charge in [0.25, 0.3) is 0 Å². The van der Waals surface area contributed by atoms with Crippen LogP contribution in [-0.2, 0) is 11.2 Å². The van der Waals surface area contributed by atoms with Crippen LogP contribution in [0.3, 0.4) is 0 Å². The number of carbonyl (C=O) groups excluding carboxylic acids is 1. The number of nitrogens with one attached hydrogen (secondary N) is 1. The van der Waals surface area contributed by atoms with E-state index < -0.39 is 0 Å². The quantitative estimate of drug-likeness (QED) is 0.847. The number of likely N-dealkylation sites (tertiary alicyclic amines) is 2. The molecule has 5 nitrogen and oxygen atoms in total. The van der Waals surface area contributed by atoms with Crippen molar-refractivity contribution in [1.29, 1.82) is 0 Å². The van der Waals surface area contributed by atoms with E-state index in [0.717, 1.165) is 25.1 Å². The first-order valence-corrected chi connectivity index (χ1v) is 9.99. The van der Waals surface area contributed by atoms with Crippen molar-refractivity contribution in [3.63, 3.8) is 0 Å². The maximum Gasteiger partial charge on any atom is 0.220 e. The van der Waals surface area contributed by atoms with Crippen LogP contribution in [0.4, 0.5) is 0 Å². The van der Waals surface area contributed by atoms with Gasteiger partial charge in [0, 0.05) is 25.0 Å². The van der Waals surface area contributed by atoms with Crippen LogP contribution in [0, 0.1) is 0 Å². The third kappa shape index (κ3) is 5.45. The van der Waals surface area contributed by atoms with E-state index >= 15 is 0 Å². The first kappa shape index (κ1) is 19.2. The summed E-state index contributed by atoms with van der Waals surface area (Å²) in [5, 5.41) is 3.27. The van der Waals surface area contributed by atoms with E-state index in [0.29, 0.717) is 18.5 Å². The van der Waals surface area contributed by atoms with Gasteiger partial charge in [-0.2, -0.15) is 0 Å². The summed E-state index contributed by atoms with van der Waals surface area (Å²) in [6.45, 7) is 4.59. The molecule has 0 saturated carbocycles. The minimum Gasteiger partial charge on any atom is -0.497 e. The van der Waals surface area contributed by atoms with Crippen LogP contribution >= 0.6 is 0 Å². The molecule has 2 aliphatic heterocycles. The van der Waals surface area contributed by atoms with Crippen LogP contribution in [0.5, 0.6) is 5.75 Å². The van der Waals surface area contributed by atoms with Crippen molar-refractivity contribution in [3.05, 3.63) is 29.8 Å². The van der Waals surface area contributed by atoms with Crippen molar-refractivity contribution in [2.75, 3.05) is 40.3 Å². The van der Waals surface area contributed by atoms with Crippen molar-refractivity contribution in [1.82, 2.24) is 15.1 Å². The molecule has 1 aromatic rings. The molecule has 1 atom stereocenters. The van der Waals surface area contributed by atoms with E-state index in [1.54, 1.807) is 7.11 Å². The Kier molecular flexibility index (Phi) is 6.92. The number of benzene rings is 1. The summed E-state index contributed by atoms with van der Waals surface area (Å²) in [6.07, 6.45) is 6.15. The normalized spacial score (nSPS) is 22.9. The monoisotopic (exact) mass is 359 g/mol. The molecular formula is C21H33N3O2. The summed E-state index contributed by atoms with van der Waals surface area (Å²) in [5.41, 5.74) is 1.18. The topological polar surface area (TPSA) is 44.8 Å². The second-order valence-corrected chi connectivity index (χ2v) is 7.78. The van der Waals surface area contributed by atoms with Gasteiger partial charge in [0.1, 0.15) is 5.75 Å². The molecule has 5 heteroatoms. The van der Waals surface area contributed by atoms with Crippen LogP contribution in [0.1, 0.15) is 37.7 Å². The van der Waals surface area contributed by atoms with Gasteiger partial charge in [-0.1, -0.05) is 12.1 Å². The average molecular weight is 360 g/mol. The highest BCUT2D eigenvalue weighted by Gasteiger charge is 2.28. The number of amides is 1. The molecule has 2 heterocycles. The molecule has 2 saturated heterocycles. The molecule has 2 fully saturated rings. The number of carbonyl (C=O) groups is 1. The number of nitrogens with zero attached hydrogens (tertiary/aromatic N) is 2. The molecule has 2 aliphatic rings. The Bertz CT molecular complexity index is 567. The molecule has 0 bridgehead atoms. The van der Waals surface area contributed by atoms with Crippen LogP contribution in [-0.4, -0.2) is 68.1 Å². The van der Waals surface area contributed by atoms with Crippen molar-refractivity contribution < 1.29 is 9.53 Å². The first-order valence-electron chi connectivity index (χ1n) is 9.99. The summed E-state index contributed by atoms with van der Waals surface area (Å²) in [4.78, 5) is 17.4. The molecule has 0 aromatic heterocycles. The molecule has 0 spiro atoms. The largest absolute Gasteiger partial charge is 0.497 e. The lowest BCUT2D eigenvalue weighted by Crippen LogP contribution is -2.53. The lowest BCUT2D eigenvalue weighted by atomic mass is 9.98. The summed E-state index contributed by atoms with van der Waals surface area (Å²) in [5.74, 6) is 1.03. The van der Waals surface area contributed by atoms with Crippen LogP contribution in [0.25, 0.3) is 0 Å². The molecule has 26 heavy (non-hydrogen) atoms. The third-order valence-electron chi connectivity index (χ3n) is 5.82. The predicted octanol–water partition coefficient (Wildman–Crippen LogP) is 2.30. The highest BCUT2D eigenvalue weighted by Crippen LogP contribution is 2.20. The van der Waals surface area contributed by atoms with Gasteiger partial charge < -0.3 is 15.0 Å². The summed E-state index contributed by atoms with van der Waals surface area (Å²) >= 11 is 0. The van der Waals surface area contributed by atoms with E-state index in [9.17, 15) is 4.79 Å². The molecule has 0 aliphatic carbocycles. The highest BCUT2D eigenvalue weighted by molar-refractivity contribution is 5.76. The predicted molar refractivity (Wildman–Crippen MR) is 105 cm³/mol. The Labute approximate surface area is 157 Å². The zero-order valence-corrected chi connectivity index (χ0v) is 16.2. The second-order valence-electron chi connectivity index (χ2n) is 7.78. The Hall–Kier alpha value is -1.59. The molecule has 0 radical (unpaired) electrons. The third-order valence-corrected chi connectivity index (χ3v) is 5.82. The Morgan fingerprint density at radius 3 is 2.58 bits per heavy atom. The number of rotatable bonds is 6. The van der Waals surface area contributed by atoms with E-state index in [2.05, 4.69) is 22.2 Å². The van der Waals surface area contributed by atoms with Gasteiger partial charge in [0.05, 0.1) is 7.11 Å². The maximum absolute atomic E-state index is 12.4. The zero-order valence-electron chi connectivity index (χ0n) is 16.2. The van der Waals surface area contributed by atoms with Gasteiger partial charge in [0.2, 0.25) is 5.91 Å². The molecular weight excluding hydrogens is 326 g/mol. The molecule has 144 valence electrons. The molecule has 3 rings (SSSR count). The van der Waals surface area contributed by atoms with Crippen molar-refractivity contribution in [2.45, 2.75) is 50.6 Å². The SMILES string of the molecule is COc1ccc(CCC(=O)N[C@H]2CCCN(C3CCN(C)CC3)C2)cc1. The van der Waals surface area contributed by atoms with E-state index in [1.165, 1.54) is 44.5 Å². The summed E-state index contributed by atoms with van der Waals surface area (Å²) in [7, 11) is 3.87. The lowest BCUT2D eigenvalue weighted by molar-refractivity contribution is -0.122. The number of piperidine rings is 2. The fraction of sp³-hybridized carbons (Fsp3) is 0.667. The number of hydrogen-bond donors (Lipinski definition) is 1. The average Bonchev–Trinajstić information content (AvgIpc) is 2.67. The zero-order chi connectivity index (χ0) is 18.4. The number of ether oxygens (including phenoxy) is 1. The van der Waals surface area contributed by atoms with Gasteiger partial charge in [-0.3, -0.25) is 9.69 Å². The highest BCUT2D eigenvalue weighted by atomic mass is 16.5. The van der Waals surface area contributed by atoms with Gasteiger partial charge in [-0.25, -0.2) is 0 Å². The number of methoxy groups -OCH3 is 1. The second kappa shape index (κ2) is 9.38. The first-order chi connectivity index (χ1) is 12.6. The Morgan fingerprint density at radius 1 is 1.15 bits per heavy atom. The standard InChI is InChI=1S/C21H33N3O2/c1-23-14-11-19(12-15-23)24-13-3-4-18(16-24)22-21(25)10-7-17-5-8-20(26-2)9-6-17/h5-6,8-9,18-19H,3-4,7,10-16H2,1-2H3,(H,22,25)/t18-/m0/s1. The van der Waals surface area contributed by atoms with E-state index in [1.807, 2.05) is 24.3 Å². The lowest BCUT2D eigenvalue weighted by Gasteiger charge is -2.41. The smallest absolute Gasteiger partial charge is 0.220 e. The van der Waals surface area contributed by atoms with Crippen molar-refractivity contribution >= 4 is 5.91 Å². The van der Waals surface area contributed by atoms with Gasteiger partial charge in [-0.05, 0) is 76.5 Å². The van der Waals surface area contributed by atoms with Crippen LogP contribution < -0.4 is 10.1 Å². The van der Waals surface area contributed by atoms with E-state index in [4.69, 9.17) is 4.74 Å². The van der Waals surface area contributed by atoms with Crippen LogP contribution in [0.15, 0.2) is 24.3 Å². The molecule has 1 aromatic carbocycles. The Balaban J connectivity index is 1.41. The number of aryl methyl sites for hydroxylation is 1. The molecule has 1 N–H and O–H groups in total. The number of hydrogen-bond acceptors (Lipinski definition) is 4. The van der Waals surface area contributed by atoms with E-state index in [-0.39, 0.29) is 5.91 Å². The minimum absolute atomic E-state index is 0.177. The van der Waals surface area contributed by atoms with Gasteiger partial charge >= 0.3 is 0 Å². The fourth-order valence-electron chi connectivity index (χ4n) is 4.17. The van der Waals surface area contributed by atoms with Gasteiger partial charge in [0.15, 0.2) is 0 Å². The molecule has 1 amide bonds. The summed E-state index contributed by atoms with van der Waals surface area (Å²) in [6, 6.07) is 8.99. The summed E-state index contributed by atoms with van der Waals surface area (Å²) < 4.78 is 5.17. The minimum atomic E-state index is 0.177. The maximum atomic E-state index is 12.4. The van der Waals surface area contributed by atoms with Gasteiger partial charge in [-0.15, -0.1) is 0 Å².